The number of benzene rings is 2. The summed E-state index contributed by atoms with van der Waals surface area (Å²) in [6.07, 6.45) is 1.80. The van der Waals surface area contributed by atoms with Crippen LogP contribution in [0, 0.1) is 5.92 Å². The monoisotopic (exact) mass is 358 g/mol. The molecule has 2 aromatic carbocycles. The van der Waals surface area contributed by atoms with Gasteiger partial charge in [-0.05, 0) is 37.1 Å². The van der Waals surface area contributed by atoms with Crippen molar-refractivity contribution in [2.45, 2.75) is 17.7 Å². The first-order valence-corrected chi connectivity index (χ1v) is 9.39. The Hall–Kier alpha value is -2.67. The second-order valence-electron chi connectivity index (χ2n) is 5.89. The highest BCUT2D eigenvalue weighted by Crippen LogP contribution is 2.32. The molecule has 3 rings (SSSR count). The van der Waals surface area contributed by atoms with Gasteiger partial charge in [-0.25, -0.2) is 8.42 Å². The largest absolute Gasteiger partial charge is 0.355 e. The van der Waals surface area contributed by atoms with Crippen LogP contribution in [0.1, 0.15) is 33.6 Å². The molecule has 0 saturated heterocycles. The van der Waals surface area contributed by atoms with Crippen LogP contribution < -0.4 is 10.0 Å². The van der Waals surface area contributed by atoms with Crippen molar-refractivity contribution in [3.63, 3.8) is 0 Å². The zero-order valence-electron chi connectivity index (χ0n) is 13.7. The summed E-state index contributed by atoms with van der Waals surface area (Å²) in [5.74, 6) is -0.245. The molecule has 1 aliphatic carbocycles. The van der Waals surface area contributed by atoms with Gasteiger partial charge in [0, 0.05) is 18.5 Å². The first kappa shape index (κ1) is 17.2. The van der Waals surface area contributed by atoms with Crippen molar-refractivity contribution in [2.24, 2.45) is 5.92 Å². The predicted molar refractivity (Wildman–Crippen MR) is 94.1 cm³/mol. The van der Waals surface area contributed by atoms with Gasteiger partial charge in [0.2, 0.25) is 0 Å². The number of rotatable bonds is 6. The standard InChI is InChI=1S/C18H18N2O4S/c1-19-18(22)15-4-2-3-5-16(15)20-25(23,24)14-10-8-13(9-11-14)17(21)12-6-7-12/h2-5,8-12,20H,6-7H2,1H3,(H,19,22). The van der Waals surface area contributed by atoms with E-state index in [0.29, 0.717) is 5.56 Å². The maximum Gasteiger partial charge on any atom is 0.261 e. The molecule has 1 amide bonds. The molecular formula is C18H18N2O4S. The predicted octanol–water partition coefficient (Wildman–Crippen LogP) is 2.44. The van der Waals surface area contributed by atoms with E-state index in [0.717, 1.165) is 12.8 Å². The summed E-state index contributed by atoms with van der Waals surface area (Å²) in [6.45, 7) is 0. The van der Waals surface area contributed by atoms with E-state index in [4.69, 9.17) is 0 Å². The lowest BCUT2D eigenvalue weighted by Gasteiger charge is -2.12. The topological polar surface area (TPSA) is 92.3 Å². The first-order chi connectivity index (χ1) is 11.9. The summed E-state index contributed by atoms with van der Waals surface area (Å²) >= 11 is 0. The van der Waals surface area contributed by atoms with E-state index in [9.17, 15) is 18.0 Å². The second-order valence-corrected chi connectivity index (χ2v) is 7.58. The molecule has 0 aromatic heterocycles. The number of ketones is 1. The molecule has 25 heavy (non-hydrogen) atoms. The molecular weight excluding hydrogens is 340 g/mol. The second kappa shape index (κ2) is 6.68. The average molecular weight is 358 g/mol. The van der Waals surface area contributed by atoms with Gasteiger partial charge in [-0.3, -0.25) is 14.3 Å². The molecule has 0 radical (unpaired) electrons. The van der Waals surface area contributed by atoms with Crippen LogP contribution in [0.4, 0.5) is 5.69 Å². The highest BCUT2D eigenvalue weighted by Gasteiger charge is 2.30. The van der Waals surface area contributed by atoms with Gasteiger partial charge < -0.3 is 5.32 Å². The number of anilines is 1. The molecule has 0 atom stereocenters. The summed E-state index contributed by atoms with van der Waals surface area (Å²) in [4.78, 5) is 23.9. The van der Waals surface area contributed by atoms with Crippen molar-refractivity contribution in [1.82, 2.24) is 5.32 Å². The maximum absolute atomic E-state index is 12.6. The third-order valence-corrected chi connectivity index (χ3v) is 5.42. The van der Waals surface area contributed by atoms with E-state index < -0.39 is 10.0 Å². The van der Waals surface area contributed by atoms with Crippen molar-refractivity contribution in [3.05, 3.63) is 59.7 Å². The summed E-state index contributed by atoms with van der Waals surface area (Å²) < 4.78 is 27.6. The van der Waals surface area contributed by atoms with Crippen molar-refractivity contribution < 1.29 is 18.0 Å². The van der Waals surface area contributed by atoms with Gasteiger partial charge in [-0.2, -0.15) is 0 Å². The zero-order chi connectivity index (χ0) is 18.0. The van der Waals surface area contributed by atoms with Gasteiger partial charge in [0.15, 0.2) is 5.78 Å². The molecule has 2 aromatic rings. The van der Waals surface area contributed by atoms with E-state index >= 15 is 0 Å². The van der Waals surface area contributed by atoms with Gasteiger partial charge in [-0.1, -0.05) is 24.3 Å². The van der Waals surface area contributed by atoms with Crippen LogP contribution in [0.5, 0.6) is 0 Å². The fourth-order valence-corrected chi connectivity index (χ4v) is 3.57. The number of carbonyl (C=O) groups is 2. The number of amides is 1. The van der Waals surface area contributed by atoms with Gasteiger partial charge >= 0.3 is 0 Å². The van der Waals surface area contributed by atoms with E-state index in [1.165, 1.54) is 43.4 Å². The Labute approximate surface area is 146 Å². The molecule has 0 spiro atoms. The molecule has 1 saturated carbocycles. The Kier molecular flexibility index (Phi) is 4.59. The van der Waals surface area contributed by atoms with Crippen LogP contribution >= 0.6 is 0 Å². The Bertz CT molecular complexity index is 916. The van der Waals surface area contributed by atoms with Crippen molar-refractivity contribution >= 4 is 27.4 Å². The number of nitrogens with one attached hydrogen (secondary N) is 2. The number of Topliss-reactive ketones (excluding diaryl/α,β-unsaturated/α-hetero) is 1. The molecule has 0 heterocycles. The summed E-state index contributed by atoms with van der Waals surface area (Å²) in [7, 11) is -2.39. The normalized spacial score (nSPS) is 14.0. The summed E-state index contributed by atoms with van der Waals surface area (Å²) in [5, 5.41) is 2.47. The highest BCUT2D eigenvalue weighted by atomic mass is 32.2. The number of hydrogen-bond donors (Lipinski definition) is 2. The van der Waals surface area contributed by atoms with E-state index in [-0.39, 0.29) is 33.8 Å². The Morgan fingerprint density at radius 1 is 1.00 bits per heavy atom. The SMILES string of the molecule is CNC(=O)c1ccccc1NS(=O)(=O)c1ccc(C(=O)C2CC2)cc1. The van der Waals surface area contributed by atoms with Gasteiger partial charge in [0.05, 0.1) is 16.1 Å². The first-order valence-electron chi connectivity index (χ1n) is 7.90. The molecule has 6 nitrogen and oxygen atoms in total. The highest BCUT2D eigenvalue weighted by molar-refractivity contribution is 7.92. The Morgan fingerprint density at radius 2 is 1.64 bits per heavy atom. The lowest BCUT2D eigenvalue weighted by molar-refractivity contribution is 0.0957. The number of para-hydroxylation sites is 1. The van der Waals surface area contributed by atoms with Crippen molar-refractivity contribution in [2.75, 3.05) is 11.8 Å². The van der Waals surface area contributed by atoms with Crippen molar-refractivity contribution in [3.8, 4) is 0 Å². The van der Waals surface area contributed by atoms with Crippen LogP contribution in [0.15, 0.2) is 53.4 Å². The van der Waals surface area contributed by atoms with Crippen LogP contribution in [0.2, 0.25) is 0 Å². The van der Waals surface area contributed by atoms with Crippen LogP contribution in [-0.4, -0.2) is 27.2 Å². The maximum atomic E-state index is 12.6. The van der Waals surface area contributed by atoms with Gasteiger partial charge in [-0.15, -0.1) is 0 Å². The summed E-state index contributed by atoms with van der Waals surface area (Å²) in [6, 6.07) is 12.2. The van der Waals surface area contributed by atoms with Crippen LogP contribution in [-0.2, 0) is 10.0 Å². The Morgan fingerprint density at radius 3 is 2.24 bits per heavy atom. The fourth-order valence-electron chi connectivity index (χ4n) is 2.49. The molecule has 0 aliphatic heterocycles. The minimum atomic E-state index is -3.87. The fraction of sp³-hybridized carbons (Fsp3) is 0.222. The van der Waals surface area contributed by atoms with Gasteiger partial charge in [0.25, 0.3) is 15.9 Å². The third kappa shape index (κ3) is 3.71. The van der Waals surface area contributed by atoms with E-state index in [1.807, 2.05) is 0 Å². The Balaban J connectivity index is 1.85. The minimum absolute atomic E-state index is 0.0338. The molecule has 1 fully saturated rings. The quantitative estimate of drug-likeness (QED) is 0.776. The summed E-state index contributed by atoms with van der Waals surface area (Å²) in [5.41, 5.74) is 0.946. The lowest BCUT2D eigenvalue weighted by atomic mass is 10.1. The average Bonchev–Trinajstić information content (AvgIpc) is 3.46. The van der Waals surface area contributed by atoms with Crippen LogP contribution in [0.25, 0.3) is 0 Å². The smallest absolute Gasteiger partial charge is 0.261 e. The van der Waals surface area contributed by atoms with E-state index in [1.54, 1.807) is 12.1 Å². The number of carbonyl (C=O) groups excluding carboxylic acids is 2. The number of sulfonamides is 1. The van der Waals surface area contributed by atoms with Crippen LogP contribution in [0.3, 0.4) is 0 Å². The molecule has 1 aliphatic rings. The molecule has 0 bridgehead atoms. The lowest BCUT2D eigenvalue weighted by Crippen LogP contribution is -2.21. The van der Waals surface area contributed by atoms with Crippen molar-refractivity contribution in [1.29, 1.82) is 0 Å². The zero-order valence-corrected chi connectivity index (χ0v) is 14.5. The minimum Gasteiger partial charge on any atom is -0.355 e. The molecule has 130 valence electrons. The molecule has 7 heteroatoms. The number of hydrogen-bond acceptors (Lipinski definition) is 4. The van der Waals surface area contributed by atoms with E-state index in [2.05, 4.69) is 10.0 Å². The molecule has 0 unspecified atom stereocenters. The molecule has 2 N–H and O–H groups in total. The van der Waals surface area contributed by atoms with Gasteiger partial charge in [0.1, 0.15) is 0 Å². The third-order valence-electron chi connectivity index (χ3n) is 4.04.